The highest BCUT2D eigenvalue weighted by atomic mass is 79.9. The molecule has 0 unspecified atom stereocenters. The number of benzene rings is 1. The van der Waals surface area contributed by atoms with Crippen LogP contribution < -0.4 is 10.5 Å². The Bertz CT molecular complexity index is 407. The molecule has 18 heavy (non-hydrogen) atoms. The van der Waals surface area contributed by atoms with E-state index in [0.29, 0.717) is 11.0 Å². The molecule has 1 aromatic rings. The lowest BCUT2D eigenvalue weighted by Gasteiger charge is -2.37. The van der Waals surface area contributed by atoms with E-state index in [2.05, 4.69) is 15.9 Å². The fourth-order valence-corrected chi connectivity index (χ4v) is 3.50. The van der Waals surface area contributed by atoms with Crippen LogP contribution in [0, 0.1) is 5.82 Å². The predicted molar refractivity (Wildman–Crippen MR) is 74.5 cm³/mol. The Kier molecular flexibility index (Phi) is 4.28. The quantitative estimate of drug-likeness (QED) is 0.921. The SMILES string of the molecule is COc1c(F)cc(C2(CN)CCCCC2)cc1Br. The Balaban J connectivity index is 2.43. The van der Waals surface area contributed by atoms with E-state index in [0.717, 1.165) is 18.4 Å². The highest BCUT2D eigenvalue weighted by Gasteiger charge is 2.33. The standard InChI is InChI=1S/C14H19BrFNO/c1-18-13-11(15)7-10(8-12(13)16)14(9-17)5-3-2-4-6-14/h7-8H,2-6,9,17H2,1H3. The maximum atomic E-state index is 14.0. The number of rotatable bonds is 3. The molecule has 2 nitrogen and oxygen atoms in total. The van der Waals surface area contributed by atoms with E-state index in [1.54, 1.807) is 6.07 Å². The molecule has 100 valence electrons. The molecule has 0 aromatic heterocycles. The number of hydrogen-bond acceptors (Lipinski definition) is 2. The molecule has 1 aliphatic rings. The molecule has 0 bridgehead atoms. The summed E-state index contributed by atoms with van der Waals surface area (Å²) in [7, 11) is 1.47. The van der Waals surface area contributed by atoms with Crippen molar-refractivity contribution >= 4 is 15.9 Å². The average molecular weight is 316 g/mol. The third-order valence-corrected chi connectivity index (χ3v) is 4.61. The van der Waals surface area contributed by atoms with Gasteiger partial charge in [0.15, 0.2) is 11.6 Å². The molecule has 1 aromatic carbocycles. The van der Waals surface area contributed by atoms with E-state index in [9.17, 15) is 4.39 Å². The van der Waals surface area contributed by atoms with Crippen molar-refractivity contribution in [3.8, 4) is 5.75 Å². The number of ether oxygens (including phenoxy) is 1. The largest absolute Gasteiger partial charge is 0.492 e. The van der Waals surface area contributed by atoms with Gasteiger partial charge in [0, 0.05) is 12.0 Å². The van der Waals surface area contributed by atoms with Gasteiger partial charge in [0.1, 0.15) is 0 Å². The van der Waals surface area contributed by atoms with Gasteiger partial charge in [-0.1, -0.05) is 19.3 Å². The summed E-state index contributed by atoms with van der Waals surface area (Å²) in [4.78, 5) is 0. The molecule has 0 saturated heterocycles. The Morgan fingerprint density at radius 2 is 2.00 bits per heavy atom. The zero-order valence-electron chi connectivity index (χ0n) is 10.6. The maximum Gasteiger partial charge on any atom is 0.168 e. The third kappa shape index (κ3) is 2.41. The normalized spacial score (nSPS) is 18.7. The first-order chi connectivity index (χ1) is 8.63. The van der Waals surface area contributed by atoms with Crippen LogP contribution in [0.3, 0.4) is 0 Å². The molecule has 0 heterocycles. The van der Waals surface area contributed by atoms with Gasteiger partial charge in [-0.3, -0.25) is 0 Å². The first kappa shape index (κ1) is 13.8. The van der Waals surface area contributed by atoms with Crippen LogP contribution in [-0.2, 0) is 5.41 Å². The molecule has 0 aliphatic heterocycles. The van der Waals surface area contributed by atoms with Crippen molar-refractivity contribution in [1.82, 2.24) is 0 Å². The Hall–Kier alpha value is -0.610. The van der Waals surface area contributed by atoms with Gasteiger partial charge in [-0.25, -0.2) is 4.39 Å². The molecule has 4 heteroatoms. The van der Waals surface area contributed by atoms with Crippen LogP contribution in [0.25, 0.3) is 0 Å². The van der Waals surface area contributed by atoms with Crippen molar-refractivity contribution in [3.63, 3.8) is 0 Å². The van der Waals surface area contributed by atoms with Gasteiger partial charge >= 0.3 is 0 Å². The van der Waals surface area contributed by atoms with E-state index in [1.807, 2.05) is 6.07 Å². The van der Waals surface area contributed by atoms with Gasteiger partial charge in [0.2, 0.25) is 0 Å². The fraction of sp³-hybridized carbons (Fsp3) is 0.571. The predicted octanol–water partition coefficient (Wildman–Crippen LogP) is 3.76. The topological polar surface area (TPSA) is 35.2 Å². The monoisotopic (exact) mass is 315 g/mol. The first-order valence-corrected chi connectivity index (χ1v) is 7.16. The second-order valence-electron chi connectivity index (χ2n) is 5.02. The van der Waals surface area contributed by atoms with Crippen molar-refractivity contribution in [2.24, 2.45) is 5.73 Å². The molecule has 1 fully saturated rings. The second kappa shape index (κ2) is 5.57. The summed E-state index contributed by atoms with van der Waals surface area (Å²) < 4.78 is 19.7. The van der Waals surface area contributed by atoms with Crippen LogP contribution in [0.15, 0.2) is 16.6 Å². The molecule has 0 amide bonds. The second-order valence-corrected chi connectivity index (χ2v) is 5.87. The van der Waals surface area contributed by atoms with Crippen molar-refractivity contribution in [2.45, 2.75) is 37.5 Å². The Morgan fingerprint density at radius 1 is 1.33 bits per heavy atom. The summed E-state index contributed by atoms with van der Waals surface area (Å²) in [5.41, 5.74) is 6.91. The van der Waals surface area contributed by atoms with Crippen LogP contribution in [0.4, 0.5) is 4.39 Å². The third-order valence-electron chi connectivity index (χ3n) is 4.02. The Morgan fingerprint density at radius 3 is 2.50 bits per heavy atom. The van der Waals surface area contributed by atoms with E-state index >= 15 is 0 Å². The van der Waals surface area contributed by atoms with E-state index < -0.39 is 0 Å². The zero-order valence-corrected chi connectivity index (χ0v) is 12.2. The molecule has 2 rings (SSSR count). The lowest BCUT2D eigenvalue weighted by Crippen LogP contribution is -2.37. The molecule has 2 N–H and O–H groups in total. The lowest BCUT2D eigenvalue weighted by atomic mass is 9.69. The highest BCUT2D eigenvalue weighted by molar-refractivity contribution is 9.10. The lowest BCUT2D eigenvalue weighted by molar-refractivity contribution is 0.298. The van der Waals surface area contributed by atoms with Crippen LogP contribution in [0.5, 0.6) is 5.75 Å². The van der Waals surface area contributed by atoms with Gasteiger partial charge in [-0.15, -0.1) is 0 Å². The molecule has 0 atom stereocenters. The fourth-order valence-electron chi connectivity index (χ4n) is 2.90. The van der Waals surface area contributed by atoms with Crippen LogP contribution in [0.2, 0.25) is 0 Å². The van der Waals surface area contributed by atoms with Crippen molar-refractivity contribution in [2.75, 3.05) is 13.7 Å². The van der Waals surface area contributed by atoms with Gasteiger partial charge < -0.3 is 10.5 Å². The highest BCUT2D eigenvalue weighted by Crippen LogP contribution is 2.41. The number of halogens is 2. The Labute approximate surface area is 116 Å². The minimum Gasteiger partial charge on any atom is -0.492 e. The minimum atomic E-state index is -0.319. The minimum absolute atomic E-state index is 0.0616. The molecular formula is C14H19BrFNO. The van der Waals surface area contributed by atoms with Crippen molar-refractivity contribution < 1.29 is 9.13 Å². The first-order valence-electron chi connectivity index (χ1n) is 6.36. The smallest absolute Gasteiger partial charge is 0.168 e. The van der Waals surface area contributed by atoms with Crippen molar-refractivity contribution in [3.05, 3.63) is 28.0 Å². The maximum absolute atomic E-state index is 14.0. The molecule has 0 radical (unpaired) electrons. The molecule has 1 aliphatic carbocycles. The summed E-state index contributed by atoms with van der Waals surface area (Å²) in [6.07, 6.45) is 5.68. The van der Waals surface area contributed by atoms with E-state index in [-0.39, 0.29) is 17.0 Å². The summed E-state index contributed by atoms with van der Waals surface area (Å²) >= 11 is 3.37. The summed E-state index contributed by atoms with van der Waals surface area (Å²) in [5.74, 6) is -0.0537. The zero-order chi connectivity index (χ0) is 13.2. The van der Waals surface area contributed by atoms with Gasteiger partial charge in [0.25, 0.3) is 0 Å². The van der Waals surface area contributed by atoms with Crippen LogP contribution in [0.1, 0.15) is 37.7 Å². The molecule has 1 saturated carbocycles. The summed E-state index contributed by atoms with van der Waals surface area (Å²) in [6, 6.07) is 3.54. The van der Waals surface area contributed by atoms with E-state index in [1.165, 1.54) is 26.4 Å². The van der Waals surface area contributed by atoms with Gasteiger partial charge in [0.05, 0.1) is 11.6 Å². The van der Waals surface area contributed by atoms with Gasteiger partial charge in [-0.05, 0) is 46.5 Å². The average Bonchev–Trinajstić information content (AvgIpc) is 2.39. The number of methoxy groups -OCH3 is 1. The van der Waals surface area contributed by atoms with Crippen LogP contribution >= 0.6 is 15.9 Å². The molecular weight excluding hydrogens is 297 g/mol. The van der Waals surface area contributed by atoms with E-state index in [4.69, 9.17) is 10.5 Å². The number of nitrogens with two attached hydrogens (primary N) is 1. The molecule has 0 spiro atoms. The van der Waals surface area contributed by atoms with Crippen LogP contribution in [-0.4, -0.2) is 13.7 Å². The summed E-state index contributed by atoms with van der Waals surface area (Å²) in [6.45, 7) is 0.575. The number of hydrogen-bond donors (Lipinski definition) is 1. The van der Waals surface area contributed by atoms with Crippen molar-refractivity contribution in [1.29, 1.82) is 0 Å². The summed E-state index contributed by atoms with van der Waals surface area (Å²) in [5, 5.41) is 0. The van der Waals surface area contributed by atoms with Gasteiger partial charge in [-0.2, -0.15) is 0 Å².